The van der Waals surface area contributed by atoms with Crippen LogP contribution in [-0.4, -0.2) is 48.9 Å². The predicted octanol–water partition coefficient (Wildman–Crippen LogP) is 6.69. The fourth-order valence-corrected chi connectivity index (χ4v) is 7.12. The predicted molar refractivity (Wildman–Crippen MR) is 151 cm³/mol. The number of carbonyl (C=O) groups is 1. The van der Waals surface area contributed by atoms with Crippen molar-refractivity contribution in [3.63, 3.8) is 0 Å². The second kappa shape index (κ2) is 11.1. The largest absolute Gasteiger partial charge is 0.330 e. The molecule has 2 unspecified atom stereocenters. The first kappa shape index (κ1) is 28.2. The third kappa shape index (κ3) is 6.08. The lowest BCUT2D eigenvalue weighted by molar-refractivity contribution is -0.155. The Morgan fingerprint density at radius 2 is 1.81 bits per heavy atom. The molecule has 2 aromatic carbocycles. The molecule has 4 atom stereocenters. The van der Waals surface area contributed by atoms with Gasteiger partial charge in [-0.1, -0.05) is 67.4 Å². The molecule has 0 radical (unpaired) electrons. The van der Waals surface area contributed by atoms with Gasteiger partial charge in [-0.05, 0) is 67.0 Å². The third-order valence-electron chi connectivity index (χ3n) is 7.92. The van der Waals surface area contributed by atoms with Gasteiger partial charge in [0, 0.05) is 35.1 Å². The van der Waals surface area contributed by atoms with E-state index in [0.29, 0.717) is 29.4 Å². The number of benzene rings is 2. The topological polar surface area (TPSA) is 57.7 Å². The summed E-state index contributed by atoms with van der Waals surface area (Å²) in [7, 11) is -3.43. The highest BCUT2D eigenvalue weighted by Gasteiger charge is 2.53. The highest BCUT2D eigenvalue weighted by molar-refractivity contribution is 7.88. The number of hydrogen-bond acceptors (Lipinski definition) is 3. The van der Waals surface area contributed by atoms with Crippen LogP contribution in [0.5, 0.6) is 0 Å². The lowest BCUT2D eigenvalue weighted by Gasteiger charge is -2.52. The van der Waals surface area contributed by atoms with E-state index in [1.165, 1.54) is 10.6 Å². The van der Waals surface area contributed by atoms with Gasteiger partial charge >= 0.3 is 0 Å². The van der Waals surface area contributed by atoms with Crippen LogP contribution in [0.3, 0.4) is 0 Å². The van der Waals surface area contributed by atoms with Crippen LogP contribution in [0.15, 0.2) is 61.2 Å². The van der Waals surface area contributed by atoms with E-state index in [1.54, 1.807) is 0 Å². The van der Waals surface area contributed by atoms with Gasteiger partial charge in [-0.2, -0.15) is 0 Å². The highest BCUT2D eigenvalue weighted by atomic mass is 35.5. The summed E-state index contributed by atoms with van der Waals surface area (Å²) in [5, 5.41) is 1.27. The molecule has 2 aromatic rings. The molecule has 1 amide bonds. The molecule has 0 bridgehead atoms. The Labute approximate surface area is 231 Å². The zero-order valence-electron chi connectivity index (χ0n) is 21.7. The maximum Gasteiger partial charge on any atom is 0.229 e. The minimum atomic E-state index is -3.43. The van der Waals surface area contributed by atoms with Gasteiger partial charge in [0.25, 0.3) is 0 Å². The molecule has 200 valence electrons. The Hall–Kier alpha value is -1.86. The fraction of sp³-hybridized carbons (Fsp3) is 0.483. The summed E-state index contributed by atoms with van der Waals surface area (Å²) >= 11 is 12.7. The Balaban J connectivity index is 1.91. The number of carbonyl (C=O) groups excluding carboxylic acids is 1. The molecule has 1 saturated carbocycles. The fourth-order valence-electron chi connectivity index (χ4n) is 5.91. The SMILES string of the molecule is C=CC[C@@]1(C)C[C@H](c2cccc(Cl)c2)C(c2ccc(Cl)cc2)N(C(CN(CC)S(C)(=O)=O)C2CC2)C1=O. The smallest absolute Gasteiger partial charge is 0.229 e. The van der Waals surface area contributed by atoms with E-state index < -0.39 is 15.4 Å². The van der Waals surface area contributed by atoms with Crippen LogP contribution in [0.1, 0.15) is 62.6 Å². The van der Waals surface area contributed by atoms with Crippen LogP contribution < -0.4 is 0 Å². The van der Waals surface area contributed by atoms with E-state index >= 15 is 0 Å². The van der Waals surface area contributed by atoms with Crippen molar-refractivity contribution < 1.29 is 13.2 Å². The number of hydrogen-bond donors (Lipinski definition) is 0. The molecule has 2 fully saturated rings. The van der Waals surface area contributed by atoms with E-state index in [1.807, 2.05) is 67.3 Å². The summed E-state index contributed by atoms with van der Waals surface area (Å²) in [6, 6.07) is 15.0. The Morgan fingerprint density at radius 3 is 2.35 bits per heavy atom. The quantitative estimate of drug-likeness (QED) is 0.303. The second-order valence-electron chi connectivity index (χ2n) is 10.7. The number of likely N-dealkylation sites (N-methyl/N-ethyl adjacent to an activating group) is 1. The lowest BCUT2D eigenvalue weighted by atomic mass is 9.67. The van der Waals surface area contributed by atoms with Crippen LogP contribution in [0.2, 0.25) is 10.0 Å². The van der Waals surface area contributed by atoms with Crippen molar-refractivity contribution in [2.24, 2.45) is 11.3 Å². The molecule has 1 saturated heterocycles. The van der Waals surface area contributed by atoms with Crippen LogP contribution in [0.25, 0.3) is 0 Å². The first-order valence-electron chi connectivity index (χ1n) is 12.9. The summed E-state index contributed by atoms with van der Waals surface area (Å²) in [4.78, 5) is 16.5. The van der Waals surface area contributed by atoms with Crippen molar-refractivity contribution in [3.05, 3.63) is 82.4 Å². The number of halogens is 2. The van der Waals surface area contributed by atoms with Gasteiger partial charge in [0.15, 0.2) is 0 Å². The van der Waals surface area contributed by atoms with Crippen LogP contribution in [0.4, 0.5) is 0 Å². The van der Waals surface area contributed by atoms with Gasteiger partial charge in [0.05, 0.1) is 17.7 Å². The Morgan fingerprint density at radius 1 is 1.14 bits per heavy atom. The number of likely N-dealkylation sites (tertiary alicyclic amines) is 1. The molecule has 37 heavy (non-hydrogen) atoms. The minimum absolute atomic E-state index is 0.0444. The van der Waals surface area contributed by atoms with Crippen molar-refractivity contribution in [2.45, 2.75) is 57.5 Å². The van der Waals surface area contributed by atoms with E-state index in [0.717, 1.165) is 24.0 Å². The average Bonchev–Trinajstić information content (AvgIpc) is 3.67. The number of allylic oxidation sites excluding steroid dienone is 1. The van der Waals surface area contributed by atoms with Crippen LogP contribution >= 0.6 is 23.2 Å². The minimum Gasteiger partial charge on any atom is -0.330 e. The monoisotopic (exact) mass is 562 g/mol. The summed E-state index contributed by atoms with van der Waals surface area (Å²) < 4.78 is 26.8. The summed E-state index contributed by atoms with van der Waals surface area (Å²) in [6.07, 6.45) is 6.17. The molecule has 8 heteroatoms. The number of sulfonamides is 1. The van der Waals surface area contributed by atoms with Crippen LogP contribution in [0, 0.1) is 11.3 Å². The first-order valence-corrected chi connectivity index (χ1v) is 15.5. The third-order valence-corrected chi connectivity index (χ3v) is 9.75. The molecule has 2 aliphatic rings. The summed E-state index contributed by atoms with van der Waals surface area (Å²) in [6.45, 7) is 8.44. The Bertz CT molecular complexity index is 1250. The van der Waals surface area contributed by atoms with E-state index in [4.69, 9.17) is 23.2 Å². The average molecular weight is 564 g/mol. The van der Waals surface area contributed by atoms with E-state index in [-0.39, 0.29) is 36.4 Å². The molecular formula is C29H36Cl2N2O3S. The van der Waals surface area contributed by atoms with Crippen molar-refractivity contribution in [1.29, 1.82) is 0 Å². The molecule has 0 aromatic heterocycles. The molecule has 1 heterocycles. The molecule has 0 N–H and O–H groups in total. The zero-order chi connectivity index (χ0) is 27.0. The molecule has 5 nitrogen and oxygen atoms in total. The zero-order valence-corrected chi connectivity index (χ0v) is 24.1. The second-order valence-corrected chi connectivity index (χ2v) is 13.6. The maximum absolute atomic E-state index is 14.5. The van der Waals surface area contributed by atoms with Crippen molar-refractivity contribution in [3.8, 4) is 0 Å². The van der Waals surface area contributed by atoms with Crippen molar-refractivity contribution >= 4 is 39.1 Å². The van der Waals surface area contributed by atoms with Gasteiger partial charge in [-0.3, -0.25) is 4.79 Å². The van der Waals surface area contributed by atoms with Crippen molar-refractivity contribution in [2.75, 3.05) is 19.3 Å². The number of piperidine rings is 1. The number of rotatable bonds is 10. The van der Waals surface area contributed by atoms with Gasteiger partial charge in [-0.25, -0.2) is 12.7 Å². The molecular weight excluding hydrogens is 527 g/mol. The summed E-state index contributed by atoms with van der Waals surface area (Å²) in [5.74, 6) is 0.254. The number of amides is 1. The Kier molecular flexibility index (Phi) is 8.44. The van der Waals surface area contributed by atoms with Gasteiger partial charge in [0.1, 0.15) is 0 Å². The standard InChI is InChI=1S/C29H36Cl2N2O3S/c1-5-16-29(3)18-25(22-8-7-9-24(31)17-22)27(21-12-14-23(30)15-13-21)33(28(29)34)26(20-10-11-20)19-32(6-2)37(4,35)36/h5,7-9,12-15,17,20,25-27H,1,6,10-11,16,18-19H2,2-4H3/t25-,26?,27?,29+/m1/s1. The highest BCUT2D eigenvalue weighted by Crippen LogP contribution is 2.54. The van der Waals surface area contributed by atoms with Gasteiger partial charge in [-0.15, -0.1) is 6.58 Å². The van der Waals surface area contributed by atoms with Crippen molar-refractivity contribution in [1.82, 2.24) is 9.21 Å². The van der Waals surface area contributed by atoms with Crippen LogP contribution in [-0.2, 0) is 14.8 Å². The lowest BCUT2D eigenvalue weighted by Crippen LogP contribution is -2.58. The molecule has 0 spiro atoms. The molecule has 1 aliphatic carbocycles. The van der Waals surface area contributed by atoms with Gasteiger partial charge < -0.3 is 4.90 Å². The van der Waals surface area contributed by atoms with Gasteiger partial charge in [0.2, 0.25) is 15.9 Å². The normalized spacial score (nSPS) is 25.4. The maximum atomic E-state index is 14.5. The van der Waals surface area contributed by atoms with E-state index in [2.05, 4.69) is 12.6 Å². The van der Waals surface area contributed by atoms with E-state index in [9.17, 15) is 13.2 Å². The number of nitrogens with zero attached hydrogens (tertiary/aromatic N) is 2. The molecule has 1 aliphatic heterocycles. The molecule has 4 rings (SSSR count). The first-order chi connectivity index (χ1) is 17.5. The summed E-state index contributed by atoms with van der Waals surface area (Å²) in [5.41, 5.74) is 1.37.